The zero-order chi connectivity index (χ0) is 30.9. The second-order valence-corrected chi connectivity index (χ2v) is 9.68. The first kappa shape index (κ1) is 32.4. The van der Waals surface area contributed by atoms with Crippen molar-refractivity contribution in [1.82, 2.24) is 10.3 Å². The maximum absolute atomic E-state index is 13.4. The molecule has 0 saturated carbocycles. The van der Waals surface area contributed by atoms with Gasteiger partial charge in [-0.2, -0.15) is 26.3 Å². The van der Waals surface area contributed by atoms with Gasteiger partial charge in [0.15, 0.2) is 0 Å². The quantitative estimate of drug-likeness (QED) is 0.154. The van der Waals surface area contributed by atoms with Crippen LogP contribution in [0.4, 0.5) is 26.3 Å². The van der Waals surface area contributed by atoms with Crippen molar-refractivity contribution in [2.45, 2.75) is 63.9 Å². The van der Waals surface area contributed by atoms with Gasteiger partial charge < -0.3 is 15.2 Å². The number of hydrogen-bond acceptors (Lipinski definition) is 4. The van der Waals surface area contributed by atoms with E-state index in [2.05, 4.69) is 10.3 Å². The van der Waals surface area contributed by atoms with Crippen molar-refractivity contribution in [2.24, 2.45) is 0 Å². The van der Waals surface area contributed by atoms with Crippen LogP contribution in [0, 0.1) is 0 Å². The molecular formula is C30H30F6N2O4. The van der Waals surface area contributed by atoms with E-state index in [-0.39, 0.29) is 35.7 Å². The minimum Gasteiger partial charge on any atom is -0.486 e. The third kappa shape index (κ3) is 9.49. The van der Waals surface area contributed by atoms with Gasteiger partial charge >= 0.3 is 18.3 Å². The lowest BCUT2D eigenvalue weighted by molar-refractivity contribution is -0.143. The number of carboxylic acid groups (broad SMARTS) is 1. The van der Waals surface area contributed by atoms with Crippen LogP contribution in [0.5, 0.6) is 5.75 Å². The molecule has 6 nitrogen and oxygen atoms in total. The number of aliphatic carboxylic acids is 1. The smallest absolute Gasteiger partial charge is 0.416 e. The van der Waals surface area contributed by atoms with Crippen LogP contribution in [0.1, 0.15) is 78.6 Å². The van der Waals surface area contributed by atoms with Gasteiger partial charge in [-0.3, -0.25) is 14.6 Å². The number of pyridine rings is 1. The first-order valence-corrected chi connectivity index (χ1v) is 13.3. The normalized spacial score (nSPS) is 12.5. The number of aromatic nitrogens is 1. The Bertz CT molecular complexity index is 1320. The Balaban J connectivity index is 1.89. The second kappa shape index (κ2) is 14.2. The van der Waals surface area contributed by atoms with Crippen LogP contribution in [0.2, 0.25) is 0 Å². The fourth-order valence-corrected chi connectivity index (χ4v) is 4.20. The van der Waals surface area contributed by atoms with E-state index in [1.807, 2.05) is 6.92 Å². The Kier molecular flexibility index (Phi) is 11.0. The molecule has 12 heteroatoms. The molecule has 0 aliphatic heterocycles. The van der Waals surface area contributed by atoms with Crippen LogP contribution in [0.3, 0.4) is 0 Å². The Morgan fingerprint density at radius 2 is 1.52 bits per heavy atom. The molecule has 0 unspecified atom stereocenters. The molecule has 3 rings (SSSR count). The lowest BCUT2D eigenvalue weighted by Gasteiger charge is -2.21. The summed E-state index contributed by atoms with van der Waals surface area (Å²) in [4.78, 5) is 27.0. The molecule has 226 valence electrons. The lowest BCUT2D eigenvalue weighted by Crippen LogP contribution is -2.25. The van der Waals surface area contributed by atoms with Crippen LogP contribution in [-0.4, -0.2) is 28.5 Å². The summed E-state index contributed by atoms with van der Waals surface area (Å²) in [5.74, 6) is -1.13. The average molecular weight is 597 g/mol. The highest BCUT2D eigenvalue weighted by Gasteiger charge is 2.37. The van der Waals surface area contributed by atoms with Crippen LogP contribution in [-0.2, 0) is 17.1 Å². The summed E-state index contributed by atoms with van der Waals surface area (Å²) in [7, 11) is 0. The first-order chi connectivity index (χ1) is 19.8. The van der Waals surface area contributed by atoms with Crippen molar-refractivity contribution < 1.29 is 45.8 Å². The van der Waals surface area contributed by atoms with Gasteiger partial charge in [-0.1, -0.05) is 26.2 Å². The molecule has 2 N–H and O–H groups in total. The topological polar surface area (TPSA) is 88.5 Å². The highest BCUT2D eigenvalue weighted by Crippen LogP contribution is 2.39. The molecule has 2 aromatic carbocycles. The monoisotopic (exact) mass is 596 g/mol. The molecule has 1 aromatic heterocycles. The number of nitrogens with one attached hydrogen (secondary N) is 1. The Labute approximate surface area is 238 Å². The number of hydrogen-bond donors (Lipinski definition) is 2. The van der Waals surface area contributed by atoms with E-state index < -0.39 is 41.5 Å². The summed E-state index contributed by atoms with van der Waals surface area (Å²) >= 11 is 0. The predicted octanol–water partition coefficient (Wildman–Crippen LogP) is 8.08. The molecule has 1 atom stereocenters. The van der Waals surface area contributed by atoms with Gasteiger partial charge in [0, 0.05) is 35.6 Å². The van der Waals surface area contributed by atoms with E-state index in [9.17, 15) is 35.9 Å². The molecule has 0 fully saturated rings. The van der Waals surface area contributed by atoms with Crippen molar-refractivity contribution in [2.75, 3.05) is 6.54 Å². The van der Waals surface area contributed by atoms with Gasteiger partial charge in [0.1, 0.15) is 11.9 Å². The summed E-state index contributed by atoms with van der Waals surface area (Å²) in [6.45, 7) is 2.01. The van der Waals surface area contributed by atoms with Crippen molar-refractivity contribution in [3.8, 4) is 16.9 Å². The van der Waals surface area contributed by atoms with Crippen molar-refractivity contribution in [1.29, 1.82) is 0 Å². The van der Waals surface area contributed by atoms with E-state index in [4.69, 9.17) is 9.84 Å². The molecule has 0 spiro atoms. The van der Waals surface area contributed by atoms with E-state index in [0.29, 0.717) is 29.9 Å². The number of ether oxygens (including phenoxy) is 1. The van der Waals surface area contributed by atoms with Gasteiger partial charge in [-0.05, 0) is 66.9 Å². The number of carboxylic acids is 1. The SMILES string of the molecule is CCCCCC[C@@H](Oc1ccc(C(=O)NCCC(=O)O)cc1)c1cncc(-c2cc(C(F)(F)F)cc(C(F)(F)F)c2)c1. The zero-order valence-electron chi connectivity index (χ0n) is 22.7. The molecule has 0 saturated heterocycles. The molecule has 0 aliphatic rings. The van der Waals surface area contributed by atoms with E-state index in [1.54, 1.807) is 12.1 Å². The minimum absolute atomic E-state index is 0.0358. The van der Waals surface area contributed by atoms with Crippen molar-refractivity contribution in [3.63, 3.8) is 0 Å². The molecule has 0 radical (unpaired) electrons. The van der Waals surface area contributed by atoms with E-state index >= 15 is 0 Å². The number of halogens is 6. The van der Waals surface area contributed by atoms with Crippen LogP contribution in [0.15, 0.2) is 60.9 Å². The van der Waals surface area contributed by atoms with Gasteiger partial charge in [-0.25, -0.2) is 0 Å². The number of nitrogens with zero attached hydrogens (tertiary/aromatic N) is 1. The number of benzene rings is 2. The highest BCUT2D eigenvalue weighted by molar-refractivity contribution is 5.94. The van der Waals surface area contributed by atoms with Gasteiger partial charge in [0.2, 0.25) is 0 Å². The molecule has 1 heterocycles. The standard InChI is InChI=1S/C30H30F6N2O4/c1-2-3-4-5-6-26(42-25-9-7-19(8-10-25)28(41)38-12-11-27(39)40)22-13-21(17-37-18-22)20-14-23(29(31,32)33)16-24(15-20)30(34,35)36/h7-10,13-18,26H,2-6,11-12H2,1H3,(H,38,41)(H,39,40)/t26-/m1/s1. The van der Waals surface area contributed by atoms with E-state index in [0.717, 1.165) is 25.7 Å². The molecule has 42 heavy (non-hydrogen) atoms. The number of amides is 1. The summed E-state index contributed by atoms with van der Waals surface area (Å²) in [6, 6.07) is 8.95. The number of carbonyl (C=O) groups is 2. The largest absolute Gasteiger partial charge is 0.486 e. The minimum atomic E-state index is -4.98. The maximum atomic E-state index is 13.4. The van der Waals surface area contributed by atoms with E-state index in [1.165, 1.54) is 30.6 Å². The third-order valence-corrected chi connectivity index (χ3v) is 6.39. The Morgan fingerprint density at radius 3 is 2.10 bits per heavy atom. The molecule has 3 aromatic rings. The summed E-state index contributed by atoms with van der Waals surface area (Å²) < 4.78 is 86.7. The Hall–Kier alpha value is -4.09. The molecule has 1 amide bonds. The second-order valence-electron chi connectivity index (χ2n) is 9.68. The zero-order valence-corrected chi connectivity index (χ0v) is 22.7. The summed E-state index contributed by atoms with van der Waals surface area (Å²) in [5.41, 5.74) is -2.31. The van der Waals surface area contributed by atoms with Gasteiger partial charge in [0.05, 0.1) is 17.5 Å². The van der Waals surface area contributed by atoms with Crippen LogP contribution in [0.25, 0.3) is 11.1 Å². The summed E-state index contributed by atoms with van der Waals surface area (Å²) in [5, 5.41) is 11.2. The van der Waals surface area contributed by atoms with Gasteiger partial charge in [-0.15, -0.1) is 0 Å². The van der Waals surface area contributed by atoms with Crippen LogP contribution >= 0.6 is 0 Å². The van der Waals surface area contributed by atoms with Crippen molar-refractivity contribution in [3.05, 3.63) is 83.2 Å². The third-order valence-electron chi connectivity index (χ3n) is 6.39. The fourth-order valence-electron chi connectivity index (χ4n) is 4.20. The lowest BCUT2D eigenvalue weighted by atomic mass is 9.97. The van der Waals surface area contributed by atoms with Crippen molar-refractivity contribution >= 4 is 11.9 Å². The molecule has 0 aliphatic carbocycles. The number of unbranched alkanes of at least 4 members (excludes halogenated alkanes) is 3. The average Bonchev–Trinajstić information content (AvgIpc) is 2.93. The number of rotatable bonds is 13. The first-order valence-electron chi connectivity index (χ1n) is 13.3. The van der Waals surface area contributed by atoms with Crippen LogP contribution < -0.4 is 10.1 Å². The highest BCUT2D eigenvalue weighted by atomic mass is 19.4. The van der Waals surface area contributed by atoms with Gasteiger partial charge in [0.25, 0.3) is 5.91 Å². The number of alkyl halides is 6. The summed E-state index contributed by atoms with van der Waals surface area (Å²) in [6.07, 6.45) is -4.07. The molecular weight excluding hydrogens is 566 g/mol. The fraction of sp³-hybridized carbons (Fsp3) is 0.367. The Morgan fingerprint density at radius 1 is 0.881 bits per heavy atom. The predicted molar refractivity (Wildman–Crippen MR) is 143 cm³/mol. The maximum Gasteiger partial charge on any atom is 0.416 e. The molecule has 0 bridgehead atoms. The number of carbonyl (C=O) groups excluding carboxylic acids is 1.